The normalized spacial score (nSPS) is 14.0. The summed E-state index contributed by atoms with van der Waals surface area (Å²) in [6.45, 7) is 1.16. The maximum Gasteiger partial charge on any atom is 0.410 e. The minimum Gasteiger partial charge on any atom is -0.492 e. The molecule has 0 aliphatic carbocycles. The Balaban J connectivity index is 1.20. The van der Waals surface area contributed by atoms with E-state index in [9.17, 15) is 28.4 Å². The number of aromatic carboxylic acids is 1. The molecule has 2 N–H and O–H groups in total. The van der Waals surface area contributed by atoms with Gasteiger partial charge in [0.15, 0.2) is 0 Å². The SMILES string of the molecule is N#Cc1cccc(OC[C@H](Cc2ccc(OC3CCN(C(=O)OCc4ccccc4)CC3)cc2)NS(=O)(=O)c2ccccc2C(=O)O)c1. The van der Waals surface area contributed by atoms with Crippen LogP contribution in [0, 0.1) is 11.3 Å². The summed E-state index contributed by atoms with van der Waals surface area (Å²) in [6.07, 6.45) is 1.08. The third-order valence-corrected chi connectivity index (χ3v) is 9.34. The monoisotopic (exact) mass is 669 g/mol. The maximum absolute atomic E-state index is 13.4. The zero-order valence-corrected chi connectivity index (χ0v) is 26.8. The number of nitrogens with one attached hydrogen (secondary N) is 1. The summed E-state index contributed by atoms with van der Waals surface area (Å²) < 4.78 is 46.9. The molecule has 48 heavy (non-hydrogen) atoms. The summed E-state index contributed by atoms with van der Waals surface area (Å²) >= 11 is 0. The van der Waals surface area contributed by atoms with Crippen LogP contribution in [0.15, 0.2) is 108 Å². The number of amides is 1. The molecular weight excluding hydrogens is 634 g/mol. The molecule has 5 rings (SSSR count). The summed E-state index contributed by atoms with van der Waals surface area (Å²) in [5, 5.41) is 18.8. The van der Waals surface area contributed by atoms with Gasteiger partial charge >= 0.3 is 12.1 Å². The maximum atomic E-state index is 13.4. The number of nitrogens with zero attached hydrogens (tertiary/aromatic N) is 2. The number of carbonyl (C=O) groups is 2. The van der Waals surface area contributed by atoms with Crippen molar-refractivity contribution in [1.82, 2.24) is 9.62 Å². The van der Waals surface area contributed by atoms with Gasteiger partial charge in [0, 0.05) is 25.9 Å². The lowest BCUT2D eigenvalue weighted by Crippen LogP contribution is -2.42. The highest BCUT2D eigenvalue weighted by Crippen LogP contribution is 2.22. The van der Waals surface area contributed by atoms with Crippen molar-refractivity contribution in [3.05, 3.63) is 125 Å². The fourth-order valence-corrected chi connectivity index (χ4v) is 6.72. The Morgan fingerprint density at radius 1 is 0.896 bits per heavy atom. The van der Waals surface area contributed by atoms with Crippen LogP contribution < -0.4 is 14.2 Å². The topological polar surface area (TPSA) is 155 Å². The van der Waals surface area contributed by atoms with Crippen molar-refractivity contribution in [2.24, 2.45) is 0 Å². The van der Waals surface area contributed by atoms with E-state index in [0.717, 1.165) is 11.1 Å². The van der Waals surface area contributed by atoms with Gasteiger partial charge in [0.05, 0.1) is 28.1 Å². The number of ether oxygens (including phenoxy) is 3. The number of carboxylic acids is 1. The predicted octanol–water partition coefficient (Wildman–Crippen LogP) is 5.41. The van der Waals surface area contributed by atoms with Crippen LogP contribution in [-0.4, -0.2) is 62.3 Å². The van der Waals surface area contributed by atoms with E-state index in [1.165, 1.54) is 24.3 Å². The average Bonchev–Trinajstić information content (AvgIpc) is 3.11. The first kappa shape index (κ1) is 34.0. The van der Waals surface area contributed by atoms with Crippen molar-refractivity contribution >= 4 is 22.1 Å². The van der Waals surface area contributed by atoms with E-state index in [1.54, 1.807) is 41.3 Å². The molecule has 0 bridgehead atoms. The number of carbonyl (C=O) groups excluding carboxylic acids is 1. The summed E-state index contributed by atoms with van der Waals surface area (Å²) in [5.74, 6) is -0.328. The summed E-state index contributed by atoms with van der Waals surface area (Å²) in [5.41, 5.74) is 1.76. The van der Waals surface area contributed by atoms with Crippen molar-refractivity contribution in [3.8, 4) is 17.6 Å². The van der Waals surface area contributed by atoms with Gasteiger partial charge in [-0.15, -0.1) is 0 Å². The number of nitriles is 1. The van der Waals surface area contributed by atoms with Crippen LogP contribution in [0.1, 0.15) is 39.9 Å². The van der Waals surface area contributed by atoms with Crippen LogP contribution in [0.5, 0.6) is 11.5 Å². The lowest BCUT2D eigenvalue weighted by molar-refractivity contribution is 0.0637. The van der Waals surface area contributed by atoms with Gasteiger partial charge in [0.1, 0.15) is 30.8 Å². The van der Waals surface area contributed by atoms with E-state index in [-0.39, 0.29) is 42.3 Å². The number of benzene rings is 4. The number of hydrogen-bond donors (Lipinski definition) is 2. The third-order valence-electron chi connectivity index (χ3n) is 7.76. The second-order valence-corrected chi connectivity index (χ2v) is 12.9. The van der Waals surface area contributed by atoms with Gasteiger partial charge in [-0.25, -0.2) is 22.7 Å². The molecule has 0 aromatic heterocycles. The molecule has 4 aromatic carbocycles. The Morgan fingerprint density at radius 2 is 1.60 bits per heavy atom. The second-order valence-electron chi connectivity index (χ2n) is 11.3. The Bertz CT molecular complexity index is 1850. The molecule has 0 radical (unpaired) electrons. The first-order valence-electron chi connectivity index (χ1n) is 15.4. The standard InChI is InChI=1S/C36H35N3O8S/c37-23-28-9-6-10-32(22-28)45-25-29(38-48(43,44)34-12-5-4-11-33(34)35(40)41)21-26-13-15-30(16-14-26)47-31-17-19-39(20-18-31)36(42)46-24-27-7-2-1-3-8-27/h1-16,22,29,31,38H,17-21,24-25H2,(H,40,41)/t29-/m0/s1. The molecule has 1 fully saturated rings. The van der Waals surface area contributed by atoms with Crippen molar-refractivity contribution in [2.45, 2.75) is 42.9 Å². The fourth-order valence-electron chi connectivity index (χ4n) is 5.30. The molecule has 0 saturated carbocycles. The molecule has 248 valence electrons. The van der Waals surface area contributed by atoms with Gasteiger partial charge in [0.2, 0.25) is 10.0 Å². The Morgan fingerprint density at radius 3 is 2.31 bits per heavy atom. The van der Waals surface area contributed by atoms with Gasteiger partial charge in [-0.05, 0) is 60.0 Å². The summed E-state index contributed by atoms with van der Waals surface area (Å²) in [6, 6.07) is 29.9. The van der Waals surface area contributed by atoms with Crippen LogP contribution in [0.2, 0.25) is 0 Å². The predicted molar refractivity (Wildman–Crippen MR) is 176 cm³/mol. The number of carboxylic acid groups (broad SMARTS) is 1. The summed E-state index contributed by atoms with van der Waals surface area (Å²) in [4.78, 5) is 25.6. The molecule has 11 nitrogen and oxygen atoms in total. The smallest absolute Gasteiger partial charge is 0.410 e. The van der Waals surface area contributed by atoms with Crippen LogP contribution in [-0.2, 0) is 27.8 Å². The van der Waals surface area contributed by atoms with E-state index in [4.69, 9.17) is 14.2 Å². The quantitative estimate of drug-likeness (QED) is 0.190. The molecule has 0 unspecified atom stereocenters. The number of sulfonamides is 1. The number of piperidine rings is 1. The summed E-state index contributed by atoms with van der Waals surface area (Å²) in [7, 11) is -4.25. The molecule has 1 aliphatic rings. The van der Waals surface area contributed by atoms with Crippen molar-refractivity contribution in [3.63, 3.8) is 0 Å². The number of rotatable bonds is 13. The number of hydrogen-bond acceptors (Lipinski definition) is 8. The van der Waals surface area contributed by atoms with E-state index in [1.807, 2.05) is 48.5 Å². The van der Waals surface area contributed by atoms with E-state index < -0.39 is 22.0 Å². The lowest BCUT2D eigenvalue weighted by atomic mass is 10.1. The molecule has 1 heterocycles. The molecular formula is C36H35N3O8S. The Kier molecular flexibility index (Phi) is 11.3. The van der Waals surface area contributed by atoms with Crippen LogP contribution in [0.25, 0.3) is 0 Å². The lowest BCUT2D eigenvalue weighted by Gasteiger charge is -2.31. The first-order chi connectivity index (χ1) is 23.2. The highest BCUT2D eigenvalue weighted by molar-refractivity contribution is 7.89. The van der Waals surface area contributed by atoms with E-state index >= 15 is 0 Å². The molecule has 1 saturated heterocycles. The van der Waals surface area contributed by atoms with Crippen molar-refractivity contribution in [2.75, 3.05) is 19.7 Å². The highest BCUT2D eigenvalue weighted by Gasteiger charge is 2.27. The van der Waals surface area contributed by atoms with Gasteiger partial charge in [-0.2, -0.15) is 5.26 Å². The van der Waals surface area contributed by atoms with Crippen LogP contribution in [0.3, 0.4) is 0 Å². The largest absolute Gasteiger partial charge is 0.492 e. The van der Waals surface area contributed by atoms with E-state index in [2.05, 4.69) is 4.72 Å². The first-order valence-corrected chi connectivity index (χ1v) is 16.9. The molecule has 1 aliphatic heterocycles. The molecule has 1 amide bonds. The highest BCUT2D eigenvalue weighted by atomic mass is 32.2. The van der Waals surface area contributed by atoms with Gasteiger partial charge in [0.25, 0.3) is 0 Å². The van der Waals surface area contributed by atoms with Gasteiger partial charge in [-0.1, -0.05) is 60.7 Å². The van der Waals surface area contributed by atoms with Crippen molar-refractivity contribution < 1.29 is 37.3 Å². The second kappa shape index (κ2) is 15.9. The third kappa shape index (κ3) is 9.34. The minimum absolute atomic E-state index is 0.0829. The zero-order chi connectivity index (χ0) is 33.9. The molecule has 4 aromatic rings. The van der Waals surface area contributed by atoms with Crippen LogP contribution in [0.4, 0.5) is 4.79 Å². The average molecular weight is 670 g/mol. The van der Waals surface area contributed by atoms with Crippen LogP contribution >= 0.6 is 0 Å². The van der Waals surface area contributed by atoms with Gasteiger partial charge in [-0.3, -0.25) is 0 Å². The Hall–Kier alpha value is -5.38. The molecule has 0 spiro atoms. The minimum atomic E-state index is -4.25. The molecule has 12 heteroatoms. The van der Waals surface area contributed by atoms with Gasteiger partial charge < -0.3 is 24.2 Å². The zero-order valence-electron chi connectivity index (χ0n) is 26.0. The Labute approximate surface area is 279 Å². The van der Waals surface area contributed by atoms with E-state index in [0.29, 0.717) is 43.0 Å². The number of likely N-dealkylation sites (tertiary alicyclic amines) is 1. The van der Waals surface area contributed by atoms with Crippen molar-refractivity contribution in [1.29, 1.82) is 5.26 Å². The molecule has 1 atom stereocenters. The fraction of sp³-hybridized carbons (Fsp3) is 0.250.